The summed E-state index contributed by atoms with van der Waals surface area (Å²) in [5, 5.41) is 30.9. The molecule has 1 aromatic carbocycles. The fourth-order valence-electron chi connectivity index (χ4n) is 4.21. The van der Waals surface area contributed by atoms with E-state index in [0.717, 1.165) is 5.69 Å². The van der Waals surface area contributed by atoms with Crippen molar-refractivity contribution < 1.29 is 20.1 Å². The lowest BCUT2D eigenvalue weighted by molar-refractivity contribution is -0.0511. The molecule has 0 amide bonds. The van der Waals surface area contributed by atoms with Gasteiger partial charge in [-0.25, -0.2) is 4.98 Å². The SMILES string of the molecule is Nc1nc(N2CCN(c3ccc(Cl)c(Cl)c3)CC2)nc2c1ncn2[C@@H]1O[C@H](CO)[C@@H](O)[C@H]1O. The molecule has 0 bridgehead atoms. The van der Waals surface area contributed by atoms with E-state index in [1.807, 2.05) is 17.0 Å². The van der Waals surface area contributed by atoms with E-state index < -0.39 is 31.1 Å². The van der Waals surface area contributed by atoms with Crippen LogP contribution in [-0.4, -0.2) is 85.9 Å². The molecule has 0 aliphatic carbocycles. The summed E-state index contributed by atoms with van der Waals surface area (Å²) in [5.41, 5.74) is 7.89. The maximum atomic E-state index is 10.4. The molecule has 5 N–H and O–H groups in total. The van der Waals surface area contributed by atoms with E-state index in [4.69, 9.17) is 33.7 Å². The third kappa shape index (κ3) is 3.94. The van der Waals surface area contributed by atoms with Gasteiger partial charge in [0.05, 0.1) is 23.0 Å². The molecular formula is C20H23Cl2N7O4. The fourth-order valence-corrected chi connectivity index (χ4v) is 4.50. The molecule has 2 aromatic heterocycles. The zero-order chi connectivity index (χ0) is 23.3. The summed E-state index contributed by atoms with van der Waals surface area (Å²) in [7, 11) is 0. The summed E-state index contributed by atoms with van der Waals surface area (Å²) < 4.78 is 7.13. The van der Waals surface area contributed by atoms with Gasteiger partial charge in [0, 0.05) is 31.9 Å². The number of nitrogens with zero attached hydrogens (tertiary/aromatic N) is 6. The maximum absolute atomic E-state index is 10.4. The van der Waals surface area contributed by atoms with Crippen LogP contribution < -0.4 is 15.5 Å². The van der Waals surface area contributed by atoms with Crippen molar-refractivity contribution in [3.8, 4) is 0 Å². The first-order chi connectivity index (χ1) is 15.9. The monoisotopic (exact) mass is 495 g/mol. The molecule has 3 aromatic rings. The van der Waals surface area contributed by atoms with E-state index in [2.05, 4.69) is 19.9 Å². The highest BCUT2D eigenvalue weighted by Gasteiger charge is 2.44. The molecule has 2 aliphatic heterocycles. The highest BCUT2D eigenvalue weighted by molar-refractivity contribution is 6.42. The molecule has 33 heavy (non-hydrogen) atoms. The molecule has 2 saturated heterocycles. The van der Waals surface area contributed by atoms with Crippen LogP contribution >= 0.6 is 23.2 Å². The van der Waals surface area contributed by atoms with Gasteiger partial charge >= 0.3 is 0 Å². The number of aliphatic hydroxyl groups is 3. The highest BCUT2D eigenvalue weighted by atomic mass is 35.5. The van der Waals surface area contributed by atoms with Crippen molar-refractivity contribution in [2.75, 3.05) is 48.3 Å². The van der Waals surface area contributed by atoms with Crippen molar-refractivity contribution in [3.63, 3.8) is 0 Å². The summed E-state index contributed by atoms with van der Waals surface area (Å²) >= 11 is 12.2. The van der Waals surface area contributed by atoms with E-state index in [-0.39, 0.29) is 5.82 Å². The summed E-state index contributed by atoms with van der Waals surface area (Å²) in [4.78, 5) is 17.5. The van der Waals surface area contributed by atoms with Crippen molar-refractivity contribution in [1.29, 1.82) is 0 Å². The van der Waals surface area contributed by atoms with Gasteiger partial charge in [-0.15, -0.1) is 0 Å². The van der Waals surface area contributed by atoms with Crippen LogP contribution in [0.15, 0.2) is 24.5 Å². The Labute approximate surface area is 198 Å². The topological polar surface area (TPSA) is 146 Å². The normalized spacial score (nSPS) is 25.8. The van der Waals surface area contributed by atoms with Crippen LogP contribution in [0.3, 0.4) is 0 Å². The van der Waals surface area contributed by atoms with Gasteiger partial charge < -0.3 is 35.6 Å². The third-order valence-corrected chi connectivity index (χ3v) is 6.80. The number of nitrogen functional groups attached to an aromatic ring is 1. The van der Waals surface area contributed by atoms with Gasteiger partial charge in [0.1, 0.15) is 23.8 Å². The zero-order valence-corrected chi connectivity index (χ0v) is 18.9. The van der Waals surface area contributed by atoms with Crippen molar-refractivity contribution in [1.82, 2.24) is 19.5 Å². The summed E-state index contributed by atoms with van der Waals surface area (Å²) in [6.45, 7) is 2.30. The molecule has 4 heterocycles. The Hall–Kier alpha value is -2.41. The van der Waals surface area contributed by atoms with Gasteiger partial charge in [-0.2, -0.15) is 9.97 Å². The lowest BCUT2D eigenvalue weighted by Crippen LogP contribution is -2.47. The molecule has 4 atom stereocenters. The first-order valence-corrected chi connectivity index (χ1v) is 11.2. The number of aliphatic hydroxyl groups excluding tert-OH is 3. The van der Waals surface area contributed by atoms with Crippen LogP contribution in [0.5, 0.6) is 0 Å². The number of imidazole rings is 1. The lowest BCUT2D eigenvalue weighted by atomic mass is 10.1. The number of rotatable bonds is 4. The first kappa shape index (κ1) is 22.4. The second-order valence-corrected chi connectivity index (χ2v) is 8.85. The third-order valence-electron chi connectivity index (χ3n) is 6.06. The van der Waals surface area contributed by atoms with Crippen molar-refractivity contribution in [2.24, 2.45) is 0 Å². The van der Waals surface area contributed by atoms with Crippen LogP contribution in [0.2, 0.25) is 10.0 Å². The Morgan fingerprint density at radius 3 is 2.42 bits per heavy atom. The molecule has 0 unspecified atom stereocenters. The Morgan fingerprint density at radius 2 is 1.76 bits per heavy atom. The standard InChI is InChI=1S/C20H23Cl2N7O4/c21-11-2-1-10(7-12(11)22)27-3-5-28(6-4-27)20-25-17(23)14-18(26-20)29(9-24-14)19-16(32)15(31)13(8-30)33-19/h1-2,7,9,13,15-16,19,30-32H,3-6,8H2,(H2,23,25,26)/t13-,15-,16-,19-/m1/s1. The minimum atomic E-state index is -1.26. The Bertz CT molecular complexity index is 1170. The van der Waals surface area contributed by atoms with E-state index in [0.29, 0.717) is 53.3 Å². The average molecular weight is 496 g/mol. The minimum Gasteiger partial charge on any atom is -0.394 e. The van der Waals surface area contributed by atoms with Gasteiger partial charge in [0.25, 0.3) is 0 Å². The summed E-state index contributed by atoms with van der Waals surface area (Å²) in [5.74, 6) is 0.634. The Kier molecular flexibility index (Phi) is 5.93. The van der Waals surface area contributed by atoms with Gasteiger partial charge in [-0.1, -0.05) is 23.2 Å². The molecule has 5 rings (SSSR count). The van der Waals surface area contributed by atoms with Gasteiger partial charge in [0.15, 0.2) is 17.7 Å². The van der Waals surface area contributed by atoms with Crippen molar-refractivity contribution in [2.45, 2.75) is 24.5 Å². The molecule has 2 aliphatic rings. The minimum absolute atomic E-state index is 0.201. The lowest BCUT2D eigenvalue weighted by Gasteiger charge is -2.36. The van der Waals surface area contributed by atoms with Crippen molar-refractivity contribution in [3.05, 3.63) is 34.6 Å². The van der Waals surface area contributed by atoms with E-state index in [1.54, 1.807) is 6.07 Å². The number of hydrogen-bond donors (Lipinski definition) is 4. The molecule has 176 valence electrons. The highest BCUT2D eigenvalue weighted by Crippen LogP contribution is 2.33. The summed E-state index contributed by atoms with van der Waals surface area (Å²) in [6.07, 6.45) is -2.92. The average Bonchev–Trinajstić information content (AvgIpc) is 3.37. The van der Waals surface area contributed by atoms with Crippen LogP contribution in [0.1, 0.15) is 6.23 Å². The second kappa shape index (κ2) is 8.75. The maximum Gasteiger partial charge on any atom is 0.229 e. The zero-order valence-electron chi connectivity index (χ0n) is 17.4. The molecule has 0 radical (unpaired) electrons. The smallest absolute Gasteiger partial charge is 0.229 e. The number of ether oxygens (including phenoxy) is 1. The predicted molar refractivity (Wildman–Crippen MR) is 124 cm³/mol. The number of nitrogens with two attached hydrogens (primary N) is 1. The number of aromatic nitrogens is 4. The number of hydrogen-bond acceptors (Lipinski definition) is 10. The van der Waals surface area contributed by atoms with Crippen LogP contribution in [0.25, 0.3) is 11.2 Å². The van der Waals surface area contributed by atoms with E-state index in [9.17, 15) is 15.3 Å². The molecule has 0 spiro atoms. The van der Waals surface area contributed by atoms with Gasteiger partial charge in [-0.05, 0) is 18.2 Å². The number of benzene rings is 1. The molecule has 2 fully saturated rings. The number of halogens is 2. The number of piperazine rings is 1. The number of fused-ring (bicyclic) bond motifs is 1. The Morgan fingerprint density at radius 1 is 1.03 bits per heavy atom. The van der Waals surface area contributed by atoms with Crippen LogP contribution in [0, 0.1) is 0 Å². The molecule has 0 saturated carbocycles. The molecule has 11 nitrogen and oxygen atoms in total. The quantitative estimate of drug-likeness (QED) is 0.406. The fraction of sp³-hybridized carbons (Fsp3) is 0.450. The van der Waals surface area contributed by atoms with Crippen molar-refractivity contribution >= 4 is 51.8 Å². The summed E-state index contributed by atoms with van der Waals surface area (Å²) in [6, 6.07) is 5.56. The largest absolute Gasteiger partial charge is 0.394 e. The number of anilines is 3. The second-order valence-electron chi connectivity index (χ2n) is 8.03. The first-order valence-electron chi connectivity index (χ1n) is 10.4. The van der Waals surface area contributed by atoms with Crippen LogP contribution in [0.4, 0.5) is 17.5 Å². The van der Waals surface area contributed by atoms with E-state index >= 15 is 0 Å². The molecular weight excluding hydrogens is 473 g/mol. The Balaban J connectivity index is 1.38. The van der Waals surface area contributed by atoms with Gasteiger partial charge in [-0.3, -0.25) is 4.57 Å². The molecule has 13 heteroatoms. The predicted octanol–water partition coefficient (Wildman–Crippen LogP) is 0.653. The van der Waals surface area contributed by atoms with Crippen LogP contribution in [-0.2, 0) is 4.74 Å². The van der Waals surface area contributed by atoms with Gasteiger partial charge in [0.2, 0.25) is 5.95 Å². The van der Waals surface area contributed by atoms with E-state index in [1.165, 1.54) is 10.9 Å².